The van der Waals surface area contributed by atoms with E-state index < -0.39 is 5.20 Å². The molecule has 0 amide bonds. The first kappa shape index (κ1) is 11.2. The molecular formula is H3Cl3NOPS. The molecule has 2 N–H and O–H groups in total. The van der Waals surface area contributed by atoms with Gasteiger partial charge in [-0.1, -0.05) is 0 Å². The van der Waals surface area contributed by atoms with Crippen LogP contribution in [0.2, 0.25) is 0 Å². The molecule has 0 aliphatic heterocycles. The molecule has 0 atom stereocenters. The van der Waals surface area contributed by atoms with Crippen LogP contribution in [0, 0.1) is 0 Å². The van der Waals surface area contributed by atoms with Gasteiger partial charge in [0, 0.05) is 0 Å². The molecule has 7 heteroatoms. The van der Waals surface area contributed by atoms with Crippen molar-refractivity contribution in [3.05, 3.63) is 0 Å². The summed E-state index contributed by atoms with van der Waals surface area (Å²) in [6.45, 7) is 0. The lowest BCUT2D eigenvalue weighted by molar-refractivity contribution is 0.600. The zero-order valence-corrected chi connectivity index (χ0v) is 7.07. The number of halogens is 3. The van der Waals surface area contributed by atoms with Crippen LogP contribution in [0.5, 0.6) is 0 Å². The van der Waals surface area contributed by atoms with Crippen molar-refractivity contribution >= 4 is 51.7 Å². The standard InChI is InChI=1S/Cl3OP.H3NS/c1-5(2,3)4;1-2/h;2H,1H2. The van der Waals surface area contributed by atoms with E-state index in [0.717, 1.165) is 0 Å². The lowest BCUT2D eigenvalue weighted by Crippen LogP contribution is -1.49. The zero-order chi connectivity index (χ0) is 6.50. The van der Waals surface area contributed by atoms with Crippen LogP contribution in [0.1, 0.15) is 0 Å². The molecule has 0 aromatic heterocycles. The number of hydrogen-bond acceptors (Lipinski definition) is 3. The second kappa shape index (κ2) is 5.54. The topological polar surface area (TPSA) is 43.1 Å². The van der Waals surface area contributed by atoms with Gasteiger partial charge in [-0.25, -0.2) is 0 Å². The third-order valence-electron chi connectivity index (χ3n) is 0. The van der Waals surface area contributed by atoms with Gasteiger partial charge in [-0.05, 0) is 33.7 Å². The van der Waals surface area contributed by atoms with Crippen molar-refractivity contribution in [1.29, 1.82) is 0 Å². The summed E-state index contributed by atoms with van der Waals surface area (Å²) in [6.07, 6.45) is 0. The Kier molecular flexibility index (Phi) is 8.90. The van der Waals surface area contributed by atoms with Crippen molar-refractivity contribution in [2.24, 2.45) is 5.14 Å². The van der Waals surface area contributed by atoms with Gasteiger partial charge < -0.3 is 0 Å². The molecule has 0 aliphatic rings. The maximum Gasteiger partial charge on any atom is 0.339 e. The quantitative estimate of drug-likeness (QED) is 0.468. The SMILES string of the molecule is NS.O=P(Cl)(Cl)Cl. The molecule has 0 aromatic rings. The summed E-state index contributed by atoms with van der Waals surface area (Å²) in [5.41, 5.74) is 0. The minimum absolute atomic E-state index is 3.03. The van der Waals surface area contributed by atoms with E-state index in [2.05, 4.69) is 51.7 Å². The van der Waals surface area contributed by atoms with E-state index in [1.54, 1.807) is 0 Å². The highest BCUT2D eigenvalue weighted by Gasteiger charge is 2.02. The minimum Gasteiger partial charge on any atom is -0.281 e. The molecule has 0 rings (SSSR count). The smallest absolute Gasteiger partial charge is 0.281 e. The van der Waals surface area contributed by atoms with Crippen LogP contribution in [-0.4, -0.2) is 0 Å². The average Bonchev–Trinajstić information content (AvgIpc) is 1.36. The predicted octanol–water partition coefficient (Wildman–Crippen LogP) is 2.60. The highest BCUT2D eigenvalue weighted by Crippen LogP contribution is 2.61. The molecule has 0 saturated carbocycles. The number of thiol groups is 1. The van der Waals surface area contributed by atoms with Crippen molar-refractivity contribution in [2.75, 3.05) is 0 Å². The second-order valence-corrected chi connectivity index (χ2v) is 7.04. The average molecular weight is 202 g/mol. The van der Waals surface area contributed by atoms with Gasteiger partial charge >= 0.3 is 5.20 Å². The van der Waals surface area contributed by atoms with Gasteiger partial charge in [-0.3, -0.25) is 9.70 Å². The molecular weight excluding hydrogens is 199 g/mol. The molecule has 0 bridgehead atoms. The number of hydrogen-bond donors (Lipinski definition) is 2. The minimum atomic E-state index is -3.22. The summed E-state index contributed by atoms with van der Waals surface area (Å²) in [5.74, 6) is 0. The Morgan fingerprint density at radius 1 is 1.29 bits per heavy atom. The lowest BCUT2D eigenvalue weighted by atomic mass is 14.0. The molecule has 0 fully saturated rings. The first-order valence-corrected chi connectivity index (χ1v) is 5.89. The Balaban J connectivity index is 0. The van der Waals surface area contributed by atoms with Crippen molar-refractivity contribution in [1.82, 2.24) is 0 Å². The summed E-state index contributed by atoms with van der Waals surface area (Å²) in [6, 6.07) is 0. The Hall–Kier alpha value is 1.41. The van der Waals surface area contributed by atoms with Crippen molar-refractivity contribution in [2.45, 2.75) is 0 Å². The fourth-order valence-corrected chi connectivity index (χ4v) is 0. The monoisotopic (exact) mass is 201 g/mol. The molecule has 7 heavy (non-hydrogen) atoms. The van der Waals surface area contributed by atoms with Crippen LogP contribution in [-0.2, 0) is 4.57 Å². The first-order chi connectivity index (χ1) is 3.00. The van der Waals surface area contributed by atoms with Gasteiger partial charge in [-0.2, -0.15) is 0 Å². The Morgan fingerprint density at radius 2 is 1.29 bits per heavy atom. The summed E-state index contributed by atoms with van der Waals surface area (Å²) in [5, 5.41) is 0.972. The van der Waals surface area contributed by atoms with Crippen molar-refractivity contribution < 1.29 is 4.57 Å². The second-order valence-electron chi connectivity index (χ2n) is 0.399. The number of nitrogens with two attached hydrogens (primary N) is 1. The molecule has 0 spiro atoms. The highest BCUT2D eigenvalue weighted by atomic mass is 36.0. The van der Waals surface area contributed by atoms with E-state index in [1.807, 2.05) is 0 Å². The van der Waals surface area contributed by atoms with E-state index >= 15 is 0 Å². The van der Waals surface area contributed by atoms with E-state index in [9.17, 15) is 4.57 Å². The van der Waals surface area contributed by atoms with E-state index in [-0.39, 0.29) is 0 Å². The van der Waals surface area contributed by atoms with Crippen LogP contribution >= 0.6 is 51.7 Å². The van der Waals surface area contributed by atoms with Gasteiger partial charge in [0.25, 0.3) is 0 Å². The van der Waals surface area contributed by atoms with Crippen LogP contribution in [0.4, 0.5) is 0 Å². The molecule has 0 radical (unpaired) electrons. The van der Waals surface area contributed by atoms with Gasteiger partial charge in [0.05, 0.1) is 0 Å². The highest BCUT2D eigenvalue weighted by molar-refractivity contribution is 8.24. The van der Waals surface area contributed by atoms with E-state index in [1.165, 1.54) is 0 Å². The fraction of sp³-hybridized carbons (Fsp3) is 0. The molecule has 0 saturated heterocycles. The molecule has 0 aromatic carbocycles. The van der Waals surface area contributed by atoms with Crippen molar-refractivity contribution in [3.8, 4) is 0 Å². The van der Waals surface area contributed by atoms with Crippen LogP contribution in [0.15, 0.2) is 0 Å². The lowest BCUT2D eigenvalue weighted by Gasteiger charge is -1.74. The van der Waals surface area contributed by atoms with Gasteiger partial charge in [0.1, 0.15) is 0 Å². The largest absolute Gasteiger partial charge is 0.339 e. The van der Waals surface area contributed by atoms with Gasteiger partial charge in [0.15, 0.2) is 0 Å². The zero-order valence-electron chi connectivity index (χ0n) is 3.01. The normalized spacial score (nSPS) is 9.29. The number of rotatable bonds is 0. The van der Waals surface area contributed by atoms with E-state index in [4.69, 9.17) is 0 Å². The van der Waals surface area contributed by atoms with E-state index in [0.29, 0.717) is 0 Å². The summed E-state index contributed by atoms with van der Waals surface area (Å²) < 4.78 is 9.51. The van der Waals surface area contributed by atoms with Gasteiger partial charge in [-0.15, -0.1) is 12.8 Å². The van der Waals surface area contributed by atoms with Crippen LogP contribution < -0.4 is 5.14 Å². The molecule has 0 unspecified atom stereocenters. The third-order valence-corrected chi connectivity index (χ3v) is 0. The molecule has 2 nitrogen and oxygen atoms in total. The maximum absolute atomic E-state index is 9.51. The maximum atomic E-state index is 9.51. The van der Waals surface area contributed by atoms with Gasteiger partial charge in [0.2, 0.25) is 0 Å². The summed E-state index contributed by atoms with van der Waals surface area (Å²) in [4.78, 5) is 0. The van der Waals surface area contributed by atoms with Crippen molar-refractivity contribution in [3.63, 3.8) is 0 Å². The molecule has 46 valence electrons. The molecule has 0 heterocycles. The summed E-state index contributed by atoms with van der Waals surface area (Å²) in [7, 11) is 0. The predicted molar refractivity (Wildman–Crippen MR) is 38.3 cm³/mol. The summed E-state index contributed by atoms with van der Waals surface area (Å²) >= 11 is 16.9. The third kappa shape index (κ3) is 109. The van der Waals surface area contributed by atoms with Crippen LogP contribution in [0.25, 0.3) is 0 Å². The van der Waals surface area contributed by atoms with Crippen LogP contribution in [0.3, 0.4) is 0 Å². The Labute approximate surface area is 61.6 Å². The Bertz CT molecular complexity index is 61.1. The fourth-order valence-electron chi connectivity index (χ4n) is 0. The molecule has 0 aliphatic carbocycles. The Morgan fingerprint density at radius 3 is 1.29 bits per heavy atom. The first-order valence-electron chi connectivity index (χ1n) is 0.948.